The second-order valence-electron chi connectivity index (χ2n) is 8.04. The average molecular weight is 388 g/mol. The minimum Gasteiger partial charge on any atom is -0.329 e. The molecule has 1 aliphatic heterocycles. The first kappa shape index (κ1) is 17.9. The molecule has 2 aliphatic rings. The Balaban J connectivity index is 1.91. The van der Waals surface area contributed by atoms with Crippen molar-refractivity contribution in [3.05, 3.63) is 34.5 Å². The molecular formula is C20H25N2O2PS. The van der Waals surface area contributed by atoms with Crippen LogP contribution in [-0.2, 0) is 4.57 Å². The minimum absolute atomic E-state index is 0.0200. The highest BCUT2D eigenvalue weighted by atomic mass is 32.1. The lowest BCUT2D eigenvalue weighted by Gasteiger charge is -2.29. The van der Waals surface area contributed by atoms with Crippen molar-refractivity contribution >= 4 is 29.7 Å². The van der Waals surface area contributed by atoms with Gasteiger partial charge in [-0.05, 0) is 76.1 Å². The van der Waals surface area contributed by atoms with Crippen LogP contribution in [0.1, 0.15) is 54.3 Å². The number of aromatic nitrogens is 1. The Hall–Kier alpha value is -1.45. The molecule has 0 spiro atoms. The van der Waals surface area contributed by atoms with Crippen LogP contribution in [0.5, 0.6) is 0 Å². The zero-order valence-corrected chi connectivity index (χ0v) is 17.7. The molecule has 0 unspecified atom stereocenters. The van der Waals surface area contributed by atoms with Gasteiger partial charge in [0.1, 0.15) is 7.14 Å². The largest absolute Gasteiger partial charge is 0.329 e. The summed E-state index contributed by atoms with van der Waals surface area (Å²) in [5, 5.41) is 0.722. The Labute approximate surface area is 159 Å². The Bertz CT molecular complexity index is 941. The zero-order valence-electron chi connectivity index (χ0n) is 15.9. The molecule has 1 aliphatic carbocycles. The van der Waals surface area contributed by atoms with Crippen LogP contribution in [-0.4, -0.2) is 35.2 Å². The second kappa shape index (κ2) is 6.03. The molecule has 1 fully saturated rings. The summed E-state index contributed by atoms with van der Waals surface area (Å²) in [6.45, 7) is 9.77. The molecule has 0 radical (unpaired) electrons. The number of benzene rings is 1. The monoisotopic (exact) mass is 388 g/mol. The number of rotatable bonds is 4. The number of aryl methyl sites for hydroxylation is 1. The maximum absolute atomic E-state index is 13.3. The summed E-state index contributed by atoms with van der Waals surface area (Å²) in [6.07, 6.45) is 2.40. The number of fused-ring (bicyclic) bond motifs is 1. The number of thiazole rings is 1. The van der Waals surface area contributed by atoms with Gasteiger partial charge in [-0.1, -0.05) is 0 Å². The molecule has 138 valence electrons. The van der Waals surface area contributed by atoms with Gasteiger partial charge in [-0.3, -0.25) is 4.79 Å². The van der Waals surface area contributed by atoms with Crippen LogP contribution in [0, 0.1) is 12.8 Å². The van der Waals surface area contributed by atoms with Crippen molar-refractivity contribution in [2.45, 2.75) is 45.7 Å². The van der Waals surface area contributed by atoms with Crippen LogP contribution < -0.4 is 5.30 Å². The van der Waals surface area contributed by atoms with Crippen molar-refractivity contribution < 1.29 is 9.36 Å². The summed E-state index contributed by atoms with van der Waals surface area (Å²) in [6, 6.07) is 4.35. The van der Waals surface area contributed by atoms with Gasteiger partial charge in [-0.15, -0.1) is 11.3 Å². The first-order valence-corrected chi connectivity index (χ1v) is 12.6. The summed E-state index contributed by atoms with van der Waals surface area (Å²) in [5.41, 5.74) is 5.55. The van der Waals surface area contributed by atoms with E-state index >= 15 is 0 Å². The predicted molar refractivity (Wildman–Crippen MR) is 108 cm³/mol. The lowest BCUT2D eigenvalue weighted by molar-refractivity contribution is 0.0638. The fraction of sp³-hybridized carbons (Fsp3) is 0.500. The lowest BCUT2D eigenvalue weighted by atomic mass is 10.0. The Morgan fingerprint density at radius 1 is 1.31 bits per heavy atom. The molecule has 0 N–H and O–H groups in total. The van der Waals surface area contributed by atoms with E-state index in [4.69, 9.17) is 0 Å². The van der Waals surface area contributed by atoms with E-state index in [0.29, 0.717) is 11.5 Å². The Morgan fingerprint density at radius 2 is 2.00 bits per heavy atom. The van der Waals surface area contributed by atoms with Gasteiger partial charge >= 0.3 is 0 Å². The zero-order chi connectivity index (χ0) is 18.8. The van der Waals surface area contributed by atoms with E-state index in [-0.39, 0.29) is 18.0 Å². The quantitative estimate of drug-likeness (QED) is 0.715. The standard InChI is InChI=1S/C20H25N2O2PS/c1-11-19(26-10-21-11)15-8-16-13(3)22(12(2)14-6-7-14)20(23)18(16)17(9-15)25(4,5)24/h8-10,12-14H,6-7H2,1-5H3/t12-,13-/m0/s1. The molecule has 6 heteroatoms. The summed E-state index contributed by atoms with van der Waals surface area (Å²) in [7, 11) is -2.59. The molecule has 1 saturated carbocycles. The van der Waals surface area contributed by atoms with Gasteiger partial charge in [0.2, 0.25) is 0 Å². The van der Waals surface area contributed by atoms with Crippen LogP contribution in [0.15, 0.2) is 17.6 Å². The predicted octanol–water partition coefficient (Wildman–Crippen LogP) is 4.68. The fourth-order valence-electron chi connectivity index (χ4n) is 4.14. The number of nitrogens with zero attached hydrogens (tertiary/aromatic N) is 2. The van der Waals surface area contributed by atoms with E-state index in [1.54, 1.807) is 24.7 Å². The van der Waals surface area contributed by atoms with Gasteiger partial charge in [-0.2, -0.15) is 0 Å². The van der Waals surface area contributed by atoms with Crippen LogP contribution in [0.25, 0.3) is 10.4 Å². The number of hydrogen-bond donors (Lipinski definition) is 0. The van der Waals surface area contributed by atoms with Gasteiger partial charge in [0.05, 0.1) is 27.7 Å². The molecule has 1 aromatic carbocycles. The van der Waals surface area contributed by atoms with Crippen molar-refractivity contribution in [3.8, 4) is 10.4 Å². The van der Waals surface area contributed by atoms with Crippen LogP contribution in [0.4, 0.5) is 0 Å². The molecule has 2 heterocycles. The molecule has 26 heavy (non-hydrogen) atoms. The van der Waals surface area contributed by atoms with Crippen molar-refractivity contribution in [1.82, 2.24) is 9.88 Å². The number of carbonyl (C=O) groups is 1. The maximum Gasteiger partial charge on any atom is 0.255 e. The van der Waals surface area contributed by atoms with Gasteiger partial charge < -0.3 is 9.46 Å². The molecule has 1 amide bonds. The van der Waals surface area contributed by atoms with E-state index in [9.17, 15) is 9.36 Å². The van der Waals surface area contributed by atoms with Crippen LogP contribution in [0.2, 0.25) is 0 Å². The topological polar surface area (TPSA) is 50.3 Å². The van der Waals surface area contributed by atoms with E-state index in [0.717, 1.165) is 27.0 Å². The van der Waals surface area contributed by atoms with Gasteiger partial charge in [0, 0.05) is 11.3 Å². The number of hydrogen-bond acceptors (Lipinski definition) is 4. The molecule has 2 aromatic rings. The Kier molecular flexibility index (Phi) is 4.16. The maximum atomic E-state index is 13.3. The van der Waals surface area contributed by atoms with Crippen LogP contribution in [0.3, 0.4) is 0 Å². The molecule has 4 rings (SSSR count). The van der Waals surface area contributed by atoms with Gasteiger partial charge in [0.25, 0.3) is 5.91 Å². The third-order valence-electron chi connectivity index (χ3n) is 5.79. The molecule has 2 atom stereocenters. The number of amides is 1. The van der Waals surface area contributed by atoms with E-state index in [1.165, 1.54) is 12.8 Å². The summed E-state index contributed by atoms with van der Waals surface area (Å²) in [4.78, 5) is 20.8. The third-order valence-corrected chi connectivity index (χ3v) is 8.29. The SMILES string of the molecule is Cc1ncsc1-c1cc2c(c(P(C)(C)=O)c1)C(=O)N([C@@H](C)C1CC1)[C@H]2C. The highest BCUT2D eigenvalue weighted by molar-refractivity contribution is 7.70. The van der Waals surface area contributed by atoms with Crippen LogP contribution >= 0.6 is 18.5 Å². The van der Waals surface area contributed by atoms with Crippen molar-refractivity contribution in [1.29, 1.82) is 0 Å². The summed E-state index contributed by atoms with van der Waals surface area (Å²) < 4.78 is 13.1. The minimum atomic E-state index is -2.59. The van der Waals surface area contributed by atoms with Gasteiger partial charge in [0.15, 0.2) is 0 Å². The smallest absolute Gasteiger partial charge is 0.255 e. The first-order valence-electron chi connectivity index (χ1n) is 9.16. The van der Waals surface area contributed by atoms with Gasteiger partial charge in [-0.25, -0.2) is 4.98 Å². The lowest BCUT2D eigenvalue weighted by Crippen LogP contribution is -2.37. The van der Waals surface area contributed by atoms with E-state index in [1.807, 2.05) is 23.4 Å². The summed E-state index contributed by atoms with van der Waals surface area (Å²) in [5.74, 6) is 0.663. The number of carbonyl (C=O) groups excluding carboxylic acids is 1. The Morgan fingerprint density at radius 3 is 2.54 bits per heavy atom. The highest BCUT2D eigenvalue weighted by Gasteiger charge is 2.44. The molecule has 0 saturated heterocycles. The normalized spacial score (nSPS) is 21.2. The molecular weight excluding hydrogens is 363 g/mol. The summed E-state index contributed by atoms with van der Waals surface area (Å²) >= 11 is 1.59. The highest BCUT2D eigenvalue weighted by Crippen LogP contribution is 2.47. The molecule has 0 bridgehead atoms. The van der Waals surface area contributed by atoms with Crippen molar-refractivity contribution in [2.24, 2.45) is 5.92 Å². The van der Waals surface area contributed by atoms with E-state index in [2.05, 4.69) is 24.9 Å². The third kappa shape index (κ3) is 2.76. The second-order valence-corrected chi connectivity index (χ2v) is 12.1. The first-order chi connectivity index (χ1) is 12.2. The fourth-order valence-corrected chi connectivity index (χ4v) is 6.15. The molecule has 1 aromatic heterocycles. The molecule has 4 nitrogen and oxygen atoms in total. The van der Waals surface area contributed by atoms with Crippen molar-refractivity contribution in [3.63, 3.8) is 0 Å². The average Bonchev–Trinajstić information content (AvgIpc) is 3.29. The van der Waals surface area contributed by atoms with Crippen molar-refractivity contribution in [2.75, 3.05) is 13.3 Å². The van der Waals surface area contributed by atoms with E-state index < -0.39 is 7.14 Å².